The molecule has 0 radical (unpaired) electrons. The largest absolute Gasteiger partial charge is 0.480 e. The lowest BCUT2D eigenvalue weighted by molar-refractivity contribution is -0.135. The number of carboxylic acids is 1. The van der Waals surface area contributed by atoms with Crippen LogP contribution in [-0.4, -0.2) is 23.5 Å². The van der Waals surface area contributed by atoms with E-state index in [1.807, 2.05) is 13.8 Å². The fraction of sp³-hybridized carbons (Fsp3) is 0.200. The van der Waals surface area contributed by atoms with E-state index < -0.39 is 12.5 Å². The molecule has 0 aliphatic rings. The minimum absolute atomic E-state index is 0.332. The molecule has 1 heterocycles. The van der Waals surface area contributed by atoms with Crippen LogP contribution in [-0.2, 0) is 4.79 Å². The SMILES string of the molecule is Cc1cc(C(=O)N(CC(=O)O)c2cccc(Cl)c2)c(C)s1. The van der Waals surface area contributed by atoms with Gasteiger partial charge in [-0.1, -0.05) is 17.7 Å². The lowest BCUT2D eigenvalue weighted by atomic mass is 10.2. The fourth-order valence-corrected chi connectivity index (χ4v) is 3.15. The summed E-state index contributed by atoms with van der Waals surface area (Å²) in [7, 11) is 0. The van der Waals surface area contributed by atoms with Crippen LogP contribution in [0.4, 0.5) is 5.69 Å². The highest BCUT2D eigenvalue weighted by Crippen LogP contribution is 2.26. The Hall–Kier alpha value is -1.85. The number of rotatable bonds is 4. The second kappa shape index (κ2) is 6.28. The molecule has 1 aromatic heterocycles. The maximum absolute atomic E-state index is 12.7. The summed E-state index contributed by atoms with van der Waals surface area (Å²) < 4.78 is 0. The van der Waals surface area contributed by atoms with Gasteiger partial charge in [-0.05, 0) is 38.1 Å². The molecular formula is C15H14ClNO3S. The molecule has 1 amide bonds. The zero-order chi connectivity index (χ0) is 15.6. The number of aryl methyl sites for hydroxylation is 2. The van der Waals surface area contributed by atoms with E-state index >= 15 is 0 Å². The Kier molecular flexibility index (Phi) is 4.65. The molecule has 0 saturated heterocycles. The van der Waals surface area contributed by atoms with Crippen LogP contribution in [0.15, 0.2) is 30.3 Å². The first-order chi connectivity index (χ1) is 9.88. The van der Waals surface area contributed by atoms with Gasteiger partial charge in [0.25, 0.3) is 5.91 Å². The number of amides is 1. The van der Waals surface area contributed by atoms with Crippen molar-refractivity contribution in [2.75, 3.05) is 11.4 Å². The van der Waals surface area contributed by atoms with E-state index in [1.54, 1.807) is 30.3 Å². The van der Waals surface area contributed by atoms with Gasteiger partial charge in [-0.25, -0.2) is 0 Å². The topological polar surface area (TPSA) is 57.6 Å². The van der Waals surface area contributed by atoms with E-state index in [4.69, 9.17) is 16.7 Å². The summed E-state index contributed by atoms with van der Waals surface area (Å²) in [5.74, 6) is -1.41. The minimum atomic E-state index is -1.08. The molecule has 2 rings (SSSR count). The number of benzene rings is 1. The van der Waals surface area contributed by atoms with Crippen LogP contribution >= 0.6 is 22.9 Å². The van der Waals surface area contributed by atoms with E-state index in [2.05, 4.69) is 0 Å². The first-order valence-corrected chi connectivity index (χ1v) is 7.44. The molecule has 21 heavy (non-hydrogen) atoms. The molecule has 0 unspecified atom stereocenters. The van der Waals surface area contributed by atoms with Gasteiger partial charge in [0.2, 0.25) is 0 Å². The number of carbonyl (C=O) groups is 2. The average Bonchev–Trinajstić information content (AvgIpc) is 2.74. The number of hydrogen-bond acceptors (Lipinski definition) is 3. The van der Waals surface area contributed by atoms with Crippen molar-refractivity contribution in [3.8, 4) is 0 Å². The molecule has 0 aliphatic heterocycles. The second-order valence-electron chi connectivity index (χ2n) is 4.59. The lowest BCUT2D eigenvalue weighted by Gasteiger charge is -2.21. The first-order valence-electron chi connectivity index (χ1n) is 6.24. The highest BCUT2D eigenvalue weighted by atomic mass is 35.5. The maximum atomic E-state index is 12.7. The molecule has 6 heteroatoms. The number of hydrogen-bond donors (Lipinski definition) is 1. The predicted molar refractivity (Wildman–Crippen MR) is 84.6 cm³/mol. The summed E-state index contributed by atoms with van der Waals surface area (Å²) in [5, 5.41) is 9.51. The van der Waals surface area contributed by atoms with E-state index in [0.717, 1.165) is 9.75 Å². The van der Waals surface area contributed by atoms with Crippen LogP contribution in [0.5, 0.6) is 0 Å². The molecule has 0 aliphatic carbocycles. The van der Waals surface area contributed by atoms with E-state index in [-0.39, 0.29) is 5.91 Å². The maximum Gasteiger partial charge on any atom is 0.323 e. The number of anilines is 1. The molecule has 0 atom stereocenters. The van der Waals surface area contributed by atoms with Gasteiger partial charge in [0.1, 0.15) is 6.54 Å². The van der Waals surface area contributed by atoms with E-state index in [0.29, 0.717) is 16.3 Å². The van der Waals surface area contributed by atoms with Crippen LogP contribution in [0.1, 0.15) is 20.1 Å². The monoisotopic (exact) mass is 323 g/mol. The molecule has 0 fully saturated rings. The van der Waals surface area contributed by atoms with Crippen molar-refractivity contribution >= 4 is 40.5 Å². The standard InChI is InChI=1S/C15H14ClNO3S/c1-9-6-13(10(2)21-9)15(20)17(8-14(18)19)12-5-3-4-11(16)7-12/h3-7H,8H2,1-2H3,(H,18,19). The van der Waals surface area contributed by atoms with Crippen LogP contribution in [0.3, 0.4) is 0 Å². The molecule has 1 N–H and O–H groups in total. The van der Waals surface area contributed by atoms with Crippen molar-refractivity contribution < 1.29 is 14.7 Å². The van der Waals surface area contributed by atoms with Crippen LogP contribution in [0, 0.1) is 13.8 Å². The summed E-state index contributed by atoms with van der Waals surface area (Å²) >= 11 is 7.44. The molecule has 4 nitrogen and oxygen atoms in total. The minimum Gasteiger partial charge on any atom is -0.480 e. The molecule has 0 saturated carbocycles. The highest BCUT2D eigenvalue weighted by Gasteiger charge is 2.23. The third-order valence-electron chi connectivity index (χ3n) is 2.93. The Morgan fingerprint density at radius 2 is 2.00 bits per heavy atom. The van der Waals surface area contributed by atoms with Crippen LogP contribution < -0.4 is 4.90 Å². The number of thiophene rings is 1. The molecule has 2 aromatic rings. The number of halogens is 1. The van der Waals surface area contributed by atoms with E-state index in [1.165, 1.54) is 16.2 Å². The number of carboxylic acid groups (broad SMARTS) is 1. The fourth-order valence-electron chi connectivity index (χ4n) is 2.05. The number of nitrogens with zero attached hydrogens (tertiary/aromatic N) is 1. The first kappa shape index (κ1) is 15.5. The van der Waals surface area contributed by atoms with E-state index in [9.17, 15) is 9.59 Å². The van der Waals surface area contributed by atoms with Gasteiger partial charge in [-0.15, -0.1) is 11.3 Å². The number of aliphatic carboxylic acids is 1. The van der Waals surface area contributed by atoms with Crippen molar-refractivity contribution in [2.24, 2.45) is 0 Å². The summed E-state index contributed by atoms with van der Waals surface area (Å²) in [6, 6.07) is 8.39. The summed E-state index contributed by atoms with van der Waals surface area (Å²) in [6.45, 7) is 3.35. The molecular weight excluding hydrogens is 310 g/mol. The third kappa shape index (κ3) is 3.62. The highest BCUT2D eigenvalue weighted by molar-refractivity contribution is 7.12. The Balaban J connectivity index is 2.43. The van der Waals surface area contributed by atoms with Crippen molar-refractivity contribution in [1.29, 1.82) is 0 Å². The quantitative estimate of drug-likeness (QED) is 0.932. The normalized spacial score (nSPS) is 10.4. The third-order valence-corrected chi connectivity index (χ3v) is 4.13. The van der Waals surface area contributed by atoms with Crippen molar-refractivity contribution in [3.05, 3.63) is 50.7 Å². The summed E-state index contributed by atoms with van der Waals surface area (Å²) in [6.07, 6.45) is 0. The Morgan fingerprint density at radius 1 is 1.29 bits per heavy atom. The zero-order valence-corrected chi connectivity index (χ0v) is 13.2. The molecule has 110 valence electrons. The van der Waals surface area contributed by atoms with Gasteiger partial charge in [0, 0.05) is 20.5 Å². The second-order valence-corrected chi connectivity index (χ2v) is 6.49. The van der Waals surface area contributed by atoms with Crippen LogP contribution in [0.2, 0.25) is 5.02 Å². The molecule has 0 spiro atoms. The van der Waals surface area contributed by atoms with Gasteiger partial charge in [-0.2, -0.15) is 0 Å². The smallest absolute Gasteiger partial charge is 0.323 e. The van der Waals surface area contributed by atoms with Crippen molar-refractivity contribution in [1.82, 2.24) is 0 Å². The Bertz CT molecular complexity index is 696. The molecule has 0 bridgehead atoms. The van der Waals surface area contributed by atoms with Gasteiger partial charge >= 0.3 is 5.97 Å². The van der Waals surface area contributed by atoms with Crippen LogP contribution in [0.25, 0.3) is 0 Å². The summed E-state index contributed by atoms with van der Waals surface area (Å²) in [4.78, 5) is 26.8. The zero-order valence-electron chi connectivity index (χ0n) is 11.6. The van der Waals surface area contributed by atoms with Crippen molar-refractivity contribution in [2.45, 2.75) is 13.8 Å². The Labute approximate surface area is 131 Å². The molecule has 1 aromatic carbocycles. The van der Waals surface area contributed by atoms with Gasteiger partial charge in [0.05, 0.1) is 5.56 Å². The average molecular weight is 324 g/mol. The number of carbonyl (C=O) groups excluding carboxylic acids is 1. The van der Waals surface area contributed by atoms with Gasteiger partial charge in [0.15, 0.2) is 0 Å². The van der Waals surface area contributed by atoms with Gasteiger partial charge in [-0.3, -0.25) is 14.5 Å². The van der Waals surface area contributed by atoms with Gasteiger partial charge < -0.3 is 5.11 Å². The summed E-state index contributed by atoms with van der Waals surface area (Å²) in [5.41, 5.74) is 0.997. The van der Waals surface area contributed by atoms with Crippen molar-refractivity contribution in [3.63, 3.8) is 0 Å². The lowest BCUT2D eigenvalue weighted by Crippen LogP contribution is -2.35. The Morgan fingerprint density at radius 3 is 2.52 bits per heavy atom. The predicted octanol–water partition coefficient (Wildman–Crippen LogP) is 3.75.